The van der Waals surface area contributed by atoms with Crippen LogP contribution in [0.5, 0.6) is 0 Å². The third-order valence-electron chi connectivity index (χ3n) is 2.68. The van der Waals surface area contributed by atoms with Crippen molar-refractivity contribution in [3.05, 3.63) is 22.5 Å². The number of rotatable bonds is 0. The second kappa shape index (κ2) is 3.27. The fourth-order valence-corrected chi connectivity index (χ4v) is 2.75. The van der Waals surface area contributed by atoms with E-state index in [1.165, 1.54) is 15.8 Å². The minimum Gasteiger partial charge on any atom is -0.240 e. The Morgan fingerprint density at radius 2 is 1.80 bits per heavy atom. The van der Waals surface area contributed by atoms with Gasteiger partial charge in [0.15, 0.2) is 0 Å². The molecule has 0 atom stereocenters. The van der Waals surface area contributed by atoms with Gasteiger partial charge in [0.2, 0.25) is 0 Å². The van der Waals surface area contributed by atoms with E-state index in [4.69, 9.17) is 0 Å². The van der Waals surface area contributed by atoms with Gasteiger partial charge in [-0.1, -0.05) is 20.8 Å². The monoisotopic (exact) mass is 220 g/mol. The standard InChI is InChI=1S/C12H16N2S/c1-7-8(2)15-11-9(7)10(12(3,4)5)13-6-14-11/h6H,1-5H3. The van der Waals surface area contributed by atoms with Crippen LogP contribution in [0.15, 0.2) is 6.33 Å². The summed E-state index contributed by atoms with van der Waals surface area (Å²) >= 11 is 1.76. The molecule has 3 heteroatoms. The molecule has 15 heavy (non-hydrogen) atoms. The first kappa shape index (κ1) is 10.6. The molecule has 2 rings (SSSR count). The summed E-state index contributed by atoms with van der Waals surface area (Å²) in [4.78, 5) is 11.3. The van der Waals surface area contributed by atoms with Gasteiger partial charge in [-0.05, 0) is 19.4 Å². The van der Waals surface area contributed by atoms with Crippen LogP contribution in [0.4, 0.5) is 0 Å². The molecule has 0 amide bonds. The van der Waals surface area contributed by atoms with Crippen LogP contribution in [-0.4, -0.2) is 9.97 Å². The molecule has 0 aliphatic carbocycles. The molecule has 0 aromatic carbocycles. The maximum atomic E-state index is 4.45. The number of nitrogens with zero attached hydrogens (tertiary/aromatic N) is 2. The average molecular weight is 220 g/mol. The average Bonchev–Trinajstić information content (AvgIpc) is 2.41. The molecule has 0 bridgehead atoms. The van der Waals surface area contributed by atoms with E-state index in [1.807, 2.05) is 0 Å². The van der Waals surface area contributed by atoms with Crippen molar-refractivity contribution in [2.75, 3.05) is 0 Å². The third-order valence-corrected chi connectivity index (χ3v) is 3.79. The zero-order valence-corrected chi connectivity index (χ0v) is 10.7. The lowest BCUT2D eigenvalue weighted by atomic mass is 9.89. The topological polar surface area (TPSA) is 25.8 Å². The minimum absolute atomic E-state index is 0.0828. The minimum atomic E-state index is 0.0828. The Balaban J connectivity index is 2.86. The molecule has 0 saturated carbocycles. The van der Waals surface area contributed by atoms with Gasteiger partial charge in [0.25, 0.3) is 0 Å². The van der Waals surface area contributed by atoms with Crippen LogP contribution in [-0.2, 0) is 5.41 Å². The van der Waals surface area contributed by atoms with E-state index >= 15 is 0 Å². The fraction of sp³-hybridized carbons (Fsp3) is 0.500. The van der Waals surface area contributed by atoms with E-state index in [2.05, 4.69) is 44.6 Å². The molecule has 80 valence electrons. The van der Waals surface area contributed by atoms with Crippen molar-refractivity contribution in [3.63, 3.8) is 0 Å². The van der Waals surface area contributed by atoms with E-state index < -0.39 is 0 Å². The molecule has 0 spiro atoms. The largest absolute Gasteiger partial charge is 0.240 e. The first-order chi connectivity index (χ1) is 6.91. The zero-order valence-electron chi connectivity index (χ0n) is 9.88. The van der Waals surface area contributed by atoms with Crippen molar-refractivity contribution in [3.8, 4) is 0 Å². The molecule has 0 aliphatic heterocycles. The first-order valence-electron chi connectivity index (χ1n) is 5.12. The summed E-state index contributed by atoms with van der Waals surface area (Å²) in [6.07, 6.45) is 1.68. The molecule has 2 aromatic heterocycles. The van der Waals surface area contributed by atoms with Gasteiger partial charge in [0.1, 0.15) is 11.2 Å². The quantitative estimate of drug-likeness (QED) is 0.678. The normalized spacial score (nSPS) is 12.3. The van der Waals surface area contributed by atoms with Gasteiger partial charge in [-0.25, -0.2) is 9.97 Å². The molecule has 0 unspecified atom stereocenters. The van der Waals surface area contributed by atoms with Crippen molar-refractivity contribution in [1.29, 1.82) is 0 Å². The molecule has 0 aliphatic rings. The number of hydrogen-bond acceptors (Lipinski definition) is 3. The van der Waals surface area contributed by atoms with E-state index in [0.717, 1.165) is 10.5 Å². The van der Waals surface area contributed by atoms with Crippen LogP contribution in [0, 0.1) is 13.8 Å². The predicted molar refractivity (Wildman–Crippen MR) is 65.6 cm³/mol. The Kier molecular flexibility index (Phi) is 2.30. The Morgan fingerprint density at radius 3 is 2.40 bits per heavy atom. The second-order valence-electron chi connectivity index (χ2n) is 4.94. The van der Waals surface area contributed by atoms with Crippen molar-refractivity contribution < 1.29 is 0 Å². The van der Waals surface area contributed by atoms with Crippen molar-refractivity contribution in [1.82, 2.24) is 9.97 Å². The van der Waals surface area contributed by atoms with Gasteiger partial charge in [0.05, 0.1) is 5.69 Å². The highest BCUT2D eigenvalue weighted by molar-refractivity contribution is 7.18. The summed E-state index contributed by atoms with van der Waals surface area (Å²) in [7, 11) is 0. The van der Waals surface area contributed by atoms with Crippen LogP contribution in [0.25, 0.3) is 10.2 Å². The van der Waals surface area contributed by atoms with E-state index in [0.29, 0.717) is 0 Å². The summed E-state index contributed by atoms with van der Waals surface area (Å²) in [6.45, 7) is 10.9. The summed E-state index contributed by atoms with van der Waals surface area (Å²) in [5.74, 6) is 0. The van der Waals surface area contributed by atoms with E-state index in [9.17, 15) is 0 Å². The van der Waals surface area contributed by atoms with Crippen LogP contribution in [0.2, 0.25) is 0 Å². The summed E-state index contributed by atoms with van der Waals surface area (Å²) in [5, 5.41) is 1.26. The number of aromatic nitrogens is 2. The maximum Gasteiger partial charge on any atom is 0.127 e. The van der Waals surface area contributed by atoms with Gasteiger partial charge in [-0.3, -0.25) is 0 Å². The SMILES string of the molecule is Cc1sc2ncnc(C(C)(C)C)c2c1C. The van der Waals surface area contributed by atoms with Crippen LogP contribution < -0.4 is 0 Å². The van der Waals surface area contributed by atoms with E-state index in [-0.39, 0.29) is 5.41 Å². The molecule has 0 saturated heterocycles. The lowest BCUT2D eigenvalue weighted by molar-refractivity contribution is 0.574. The fourth-order valence-electron chi connectivity index (χ4n) is 1.75. The highest BCUT2D eigenvalue weighted by atomic mass is 32.1. The summed E-state index contributed by atoms with van der Waals surface area (Å²) in [6, 6.07) is 0. The van der Waals surface area contributed by atoms with Crippen molar-refractivity contribution >= 4 is 21.6 Å². The molecule has 2 heterocycles. The number of hydrogen-bond donors (Lipinski definition) is 0. The molecular weight excluding hydrogens is 204 g/mol. The van der Waals surface area contributed by atoms with Crippen LogP contribution in [0.1, 0.15) is 36.9 Å². The van der Waals surface area contributed by atoms with Gasteiger partial charge in [0, 0.05) is 15.7 Å². The second-order valence-corrected chi connectivity index (χ2v) is 6.14. The zero-order chi connectivity index (χ0) is 11.2. The Bertz CT molecular complexity index is 506. The summed E-state index contributed by atoms with van der Waals surface area (Å²) in [5.41, 5.74) is 2.58. The lowest BCUT2D eigenvalue weighted by Crippen LogP contribution is -2.14. The molecule has 0 radical (unpaired) electrons. The lowest BCUT2D eigenvalue weighted by Gasteiger charge is -2.18. The van der Waals surface area contributed by atoms with Crippen molar-refractivity contribution in [2.24, 2.45) is 0 Å². The Hall–Kier alpha value is -0.960. The smallest absolute Gasteiger partial charge is 0.127 e. The van der Waals surface area contributed by atoms with Gasteiger partial charge in [-0.2, -0.15) is 0 Å². The van der Waals surface area contributed by atoms with Crippen molar-refractivity contribution in [2.45, 2.75) is 40.0 Å². The highest BCUT2D eigenvalue weighted by Crippen LogP contribution is 2.34. The molecule has 2 nitrogen and oxygen atoms in total. The Labute approximate surface area is 94.4 Å². The number of fused-ring (bicyclic) bond motifs is 1. The van der Waals surface area contributed by atoms with Gasteiger partial charge in [-0.15, -0.1) is 11.3 Å². The van der Waals surface area contributed by atoms with Crippen LogP contribution >= 0.6 is 11.3 Å². The summed E-state index contributed by atoms with van der Waals surface area (Å²) < 4.78 is 0. The van der Waals surface area contributed by atoms with Crippen LogP contribution in [0.3, 0.4) is 0 Å². The number of thiophene rings is 1. The molecular formula is C12H16N2S. The third kappa shape index (κ3) is 1.65. The first-order valence-corrected chi connectivity index (χ1v) is 5.94. The molecule has 0 N–H and O–H groups in total. The molecule has 2 aromatic rings. The predicted octanol–water partition coefficient (Wildman–Crippen LogP) is 3.61. The maximum absolute atomic E-state index is 4.45. The number of aryl methyl sites for hydroxylation is 2. The Morgan fingerprint density at radius 1 is 1.13 bits per heavy atom. The van der Waals surface area contributed by atoms with Gasteiger partial charge < -0.3 is 0 Å². The van der Waals surface area contributed by atoms with E-state index in [1.54, 1.807) is 17.7 Å². The van der Waals surface area contributed by atoms with Gasteiger partial charge >= 0.3 is 0 Å². The highest BCUT2D eigenvalue weighted by Gasteiger charge is 2.21. The molecule has 0 fully saturated rings.